The minimum absolute atomic E-state index is 0.0212. The fourth-order valence-corrected chi connectivity index (χ4v) is 2.78. The van der Waals surface area contributed by atoms with Gasteiger partial charge in [-0.15, -0.1) is 0 Å². The van der Waals surface area contributed by atoms with E-state index in [-0.39, 0.29) is 22.6 Å². The summed E-state index contributed by atoms with van der Waals surface area (Å²) in [6, 6.07) is 16.5. The summed E-state index contributed by atoms with van der Waals surface area (Å²) in [4.78, 5) is 35.6. The van der Waals surface area contributed by atoms with Crippen LogP contribution < -0.4 is 9.47 Å². The fourth-order valence-electron chi connectivity index (χ4n) is 2.66. The summed E-state index contributed by atoms with van der Waals surface area (Å²) in [5, 5.41) is 11.5. The molecule has 31 heavy (non-hydrogen) atoms. The number of nitro benzene ring substituents is 1. The number of rotatable bonds is 7. The molecule has 8 heteroatoms. The first-order valence-corrected chi connectivity index (χ1v) is 9.38. The third kappa shape index (κ3) is 5.55. The van der Waals surface area contributed by atoms with Gasteiger partial charge in [-0.2, -0.15) is 0 Å². The van der Waals surface area contributed by atoms with Crippen molar-refractivity contribution in [2.45, 2.75) is 0 Å². The van der Waals surface area contributed by atoms with Crippen molar-refractivity contribution in [1.29, 1.82) is 0 Å². The predicted octanol–water partition coefficient (Wildman–Crippen LogP) is 5.37. The van der Waals surface area contributed by atoms with Gasteiger partial charge in [-0.05, 0) is 42.0 Å². The minimum atomic E-state index is -0.840. The Bertz CT molecular complexity index is 1170. The van der Waals surface area contributed by atoms with E-state index in [4.69, 9.17) is 21.1 Å². The van der Waals surface area contributed by atoms with E-state index in [1.807, 2.05) is 0 Å². The zero-order valence-corrected chi connectivity index (χ0v) is 17.0. The lowest BCUT2D eigenvalue weighted by atomic mass is 10.1. The largest absolute Gasteiger partial charge is 0.497 e. The number of ether oxygens (including phenoxy) is 2. The Morgan fingerprint density at radius 1 is 1.03 bits per heavy atom. The number of carbonyl (C=O) groups excluding carboxylic acids is 2. The Morgan fingerprint density at radius 2 is 1.77 bits per heavy atom. The average Bonchev–Trinajstić information content (AvgIpc) is 2.78. The normalized spacial score (nSPS) is 10.6. The SMILES string of the molecule is COc1ccc(C(=O)/C=C/c2ccc(Cl)cc2)c(OC(=O)c2cccc([N+](=O)[O-])c2)c1. The Kier molecular flexibility index (Phi) is 6.79. The lowest BCUT2D eigenvalue weighted by molar-refractivity contribution is -0.384. The maximum atomic E-state index is 12.7. The molecule has 3 aromatic rings. The van der Waals surface area contributed by atoms with Crippen LogP contribution >= 0.6 is 11.6 Å². The molecule has 0 aromatic heterocycles. The highest BCUT2D eigenvalue weighted by molar-refractivity contribution is 6.30. The lowest BCUT2D eigenvalue weighted by Crippen LogP contribution is -2.11. The second-order valence-corrected chi connectivity index (χ2v) is 6.74. The minimum Gasteiger partial charge on any atom is -0.497 e. The van der Waals surface area contributed by atoms with Crippen LogP contribution in [0, 0.1) is 10.1 Å². The van der Waals surface area contributed by atoms with Crippen LogP contribution in [0.2, 0.25) is 5.02 Å². The highest BCUT2D eigenvalue weighted by Gasteiger charge is 2.18. The molecule has 0 aliphatic rings. The summed E-state index contributed by atoms with van der Waals surface area (Å²) in [7, 11) is 1.43. The van der Waals surface area contributed by atoms with Gasteiger partial charge in [-0.1, -0.05) is 35.9 Å². The Labute approximate surface area is 182 Å². The summed E-state index contributed by atoms with van der Waals surface area (Å²) in [6.45, 7) is 0. The Balaban J connectivity index is 1.88. The van der Waals surface area contributed by atoms with Gasteiger partial charge < -0.3 is 9.47 Å². The molecule has 0 N–H and O–H groups in total. The van der Waals surface area contributed by atoms with Crippen molar-refractivity contribution in [3.05, 3.63) is 105 Å². The summed E-state index contributed by atoms with van der Waals surface area (Å²) >= 11 is 5.86. The average molecular weight is 438 g/mol. The first kappa shape index (κ1) is 21.7. The van der Waals surface area contributed by atoms with Gasteiger partial charge in [-0.3, -0.25) is 14.9 Å². The topological polar surface area (TPSA) is 95.7 Å². The van der Waals surface area contributed by atoms with E-state index in [0.717, 1.165) is 11.6 Å². The van der Waals surface area contributed by atoms with Crippen molar-refractivity contribution < 1.29 is 24.0 Å². The number of nitrogens with zero attached hydrogens (tertiary/aromatic N) is 1. The Morgan fingerprint density at radius 3 is 2.45 bits per heavy atom. The van der Waals surface area contributed by atoms with Gasteiger partial charge in [0.05, 0.1) is 23.2 Å². The molecular weight excluding hydrogens is 422 g/mol. The molecule has 0 heterocycles. The summed E-state index contributed by atoms with van der Waals surface area (Å²) < 4.78 is 10.5. The van der Waals surface area contributed by atoms with Gasteiger partial charge in [-0.25, -0.2) is 4.79 Å². The van der Waals surface area contributed by atoms with Crippen LogP contribution in [0.15, 0.2) is 72.8 Å². The summed E-state index contributed by atoms with van der Waals surface area (Å²) in [5.74, 6) is -0.895. The van der Waals surface area contributed by atoms with Gasteiger partial charge in [0.15, 0.2) is 5.78 Å². The number of carbonyl (C=O) groups is 2. The molecule has 0 aliphatic carbocycles. The standard InChI is InChI=1S/C23H16ClNO6/c1-30-19-10-11-20(21(26)12-7-15-5-8-17(24)9-6-15)22(14-19)31-23(27)16-3-2-4-18(13-16)25(28)29/h2-14H,1H3/b12-7+. The summed E-state index contributed by atoms with van der Waals surface area (Å²) in [6.07, 6.45) is 2.95. The van der Waals surface area contributed by atoms with Crippen LogP contribution in [0.3, 0.4) is 0 Å². The lowest BCUT2D eigenvalue weighted by Gasteiger charge is -2.10. The molecule has 0 aliphatic heterocycles. The number of esters is 1. The van der Waals surface area contributed by atoms with Crippen molar-refractivity contribution in [3.63, 3.8) is 0 Å². The van der Waals surface area contributed by atoms with Crippen LogP contribution in [0.25, 0.3) is 6.08 Å². The number of halogens is 1. The first-order valence-electron chi connectivity index (χ1n) is 9.00. The fraction of sp³-hybridized carbons (Fsp3) is 0.0435. The first-order chi connectivity index (χ1) is 14.9. The number of ketones is 1. The quantitative estimate of drug-likeness (QED) is 0.123. The van der Waals surface area contributed by atoms with E-state index in [1.165, 1.54) is 43.5 Å². The smallest absolute Gasteiger partial charge is 0.343 e. The van der Waals surface area contributed by atoms with Gasteiger partial charge in [0, 0.05) is 23.2 Å². The predicted molar refractivity (Wildman–Crippen MR) is 116 cm³/mol. The highest BCUT2D eigenvalue weighted by Crippen LogP contribution is 2.27. The van der Waals surface area contributed by atoms with Crippen LogP contribution in [0.5, 0.6) is 11.5 Å². The Hall–Kier alpha value is -3.97. The van der Waals surface area contributed by atoms with Crippen LogP contribution in [0.1, 0.15) is 26.3 Å². The molecule has 0 bridgehead atoms. The van der Waals surface area contributed by atoms with E-state index in [9.17, 15) is 19.7 Å². The monoisotopic (exact) mass is 437 g/mol. The molecule has 0 unspecified atom stereocenters. The maximum Gasteiger partial charge on any atom is 0.343 e. The molecule has 7 nitrogen and oxygen atoms in total. The maximum absolute atomic E-state index is 12.7. The van der Waals surface area contributed by atoms with Crippen molar-refractivity contribution in [1.82, 2.24) is 0 Å². The highest BCUT2D eigenvalue weighted by atomic mass is 35.5. The number of methoxy groups -OCH3 is 1. The van der Waals surface area contributed by atoms with E-state index < -0.39 is 16.7 Å². The van der Waals surface area contributed by atoms with Gasteiger partial charge in [0.25, 0.3) is 5.69 Å². The zero-order chi connectivity index (χ0) is 22.4. The third-order valence-corrected chi connectivity index (χ3v) is 4.50. The van der Waals surface area contributed by atoms with E-state index in [1.54, 1.807) is 36.4 Å². The molecule has 0 amide bonds. The molecule has 0 saturated heterocycles. The molecule has 0 atom stereocenters. The van der Waals surface area contributed by atoms with Crippen LogP contribution in [-0.2, 0) is 0 Å². The van der Waals surface area contributed by atoms with Crippen molar-refractivity contribution in [2.75, 3.05) is 7.11 Å². The van der Waals surface area contributed by atoms with Gasteiger partial charge in [0.1, 0.15) is 11.5 Å². The van der Waals surface area contributed by atoms with Crippen LogP contribution in [0.4, 0.5) is 5.69 Å². The molecule has 156 valence electrons. The van der Waals surface area contributed by atoms with Gasteiger partial charge in [0.2, 0.25) is 0 Å². The van der Waals surface area contributed by atoms with Crippen molar-refractivity contribution in [3.8, 4) is 11.5 Å². The second-order valence-electron chi connectivity index (χ2n) is 6.31. The van der Waals surface area contributed by atoms with Crippen LogP contribution in [-0.4, -0.2) is 23.8 Å². The number of non-ortho nitro benzene ring substituents is 1. The van der Waals surface area contributed by atoms with Crippen molar-refractivity contribution in [2.24, 2.45) is 0 Å². The molecule has 3 rings (SSSR count). The number of hydrogen-bond donors (Lipinski definition) is 0. The van der Waals surface area contributed by atoms with E-state index in [2.05, 4.69) is 0 Å². The molecule has 0 fully saturated rings. The number of hydrogen-bond acceptors (Lipinski definition) is 6. The zero-order valence-electron chi connectivity index (χ0n) is 16.3. The third-order valence-electron chi connectivity index (χ3n) is 4.25. The summed E-state index contributed by atoms with van der Waals surface area (Å²) in [5.41, 5.74) is 0.626. The molecule has 0 saturated carbocycles. The second kappa shape index (κ2) is 9.69. The van der Waals surface area contributed by atoms with E-state index in [0.29, 0.717) is 10.8 Å². The number of benzene rings is 3. The molecule has 0 spiro atoms. The van der Waals surface area contributed by atoms with Gasteiger partial charge >= 0.3 is 5.97 Å². The number of allylic oxidation sites excluding steroid dienone is 1. The van der Waals surface area contributed by atoms with E-state index >= 15 is 0 Å². The molecule has 3 aromatic carbocycles. The molecule has 0 radical (unpaired) electrons. The van der Waals surface area contributed by atoms with Crippen molar-refractivity contribution >= 4 is 35.1 Å². The molecular formula is C23H16ClNO6. The number of nitro groups is 1.